The molecule has 0 radical (unpaired) electrons. The van der Waals surface area contributed by atoms with Crippen molar-refractivity contribution in [2.24, 2.45) is 0 Å². The van der Waals surface area contributed by atoms with Gasteiger partial charge in [0.2, 0.25) is 0 Å². The van der Waals surface area contributed by atoms with Crippen LogP contribution < -0.4 is 5.32 Å². The molecule has 3 heterocycles. The van der Waals surface area contributed by atoms with E-state index in [0.717, 1.165) is 6.42 Å². The minimum absolute atomic E-state index is 0.152. The summed E-state index contributed by atoms with van der Waals surface area (Å²) in [5.74, 6) is -0.0551. The number of hydrogen-bond donors (Lipinski definition) is 2. The second-order valence-electron chi connectivity index (χ2n) is 6.67. The van der Waals surface area contributed by atoms with Crippen LogP contribution in [0.5, 0.6) is 0 Å². The number of furan rings is 1. The van der Waals surface area contributed by atoms with Crippen LogP contribution in [0.2, 0.25) is 0 Å². The Kier molecular flexibility index (Phi) is 5.72. The number of aromatic nitrogens is 3. The summed E-state index contributed by atoms with van der Waals surface area (Å²) >= 11 is 0. The first kappa shape index (κ1) is 19.9. The van der Waals surface area contributed by atoms with Crippen molar-refractivity contribution in [2.75, 3.05) is 5.32 Å². The van der Waals surface area contributed by atoms with Crippen LogP contribution in [0, 0.1) is 11.3 Å². The second-order valence-corrected chi connectivity index (χ2v) is 6.67. The molecule has 0 saturated carbocycles. The van der Waals surface area contributed by atoms with E-state index in [4.69, 9.17) is 4.42 Å². The third kappa shape index (κ3) is 4.28. The Hall–Kier alpha value is -4.44. The molecule has 2 N–H and O–H groups in total. The molecule has 0 aliphatic rings. The van der Waals surface area contributed by atoms with E-state index < -0.39 is 5.91 Å². The van der Waals surface area contributed by atoms with E-state index >= 15 is 0 Å². The largest absolute Gasteiger partial charge is 0.459 e. The highest BCUT2D eigenvalue weighted by atomic mass is 16.3. The fourth-order valence-electron chi connectivity index (χ4n) is 3.06. The Labute approximate surface area is 178 Å². The van der Waals surface area contributed by atoms with E-state index in [-0.39, 0.29) is 17.1 Å². The summed E-state index contributed by atoms with van der Waals surface area (Å²) in [6, 6.07) is 23.0. The molecule has 0 spiro atoms. The summed E-state index contributed by atoms with van der Waals surface area (Å²) < 4.78 is 5.04. The molecule has 0 atom stereocenters. The fourth-order valence-corrected chi connectivity index (χ4v) is 3.06. The first-order valence-corrected chi connectivity index (χ1v) is 9.77. The van der Waals surface area contributed by atoms with Crippen molar-refractivity contribution < 1.29 is 9.21 Å². The number of carbonyl (C=O) groups excluding carboxylic acids is 1. The predicted molar refractivity (Wildman–Crippen MR) is 119 cm³/mol. The molecule has 31 heavy (non-hydrogen) atoms. The standard InChI is InChI=1S/C16H9N5O2.C8H10/c17-8-9-13-15(19-11-5-2-1-4-10(11)18-13)20-14(9)21-16(22)12-6-3-7-23-12;1-2-8-6-4-3-5-7-8/h1-7H,(H,19,20)(H,21,22);3-7H,2H2,1H3. The summed E-state index contributed by atoms with van der Waals surface area (Å²) in [6.07, 6.45) is 2.54. The molecule has 5 aromatic rings. The maximum Gasteiger partial charge on any atom is 0.292 e. The molecule has 0 fully saturated rings. The normalized spacial score (nSPS) is 10.3. The van der Waals surface area contributed by atoms with Crippen molar-refractivity contribution in [3.8, 4) is 6.07 Å². The van der Waals surface area contributed by atoms with E-state index in [1.807, 2.05) is 30.3 Å². The summed E-state index contributed by atoms with van der Waals surface area (Å²) in [5.41, 5.74) is 3.88. The Balaban J connectivity index is 0.000000245. The van der Waals surface area contributed by atoms with Gasteiger partial charge in [-0.15, -0.1) is 0 Å². The molecule has 2 aromatic carbocycles. The van der Waals surface area contributed by atoms with Crippen LogP contribution in [0.15, 0.2) is 77.4 Å². The number of nitriles is 1. The van der Waals surface area contributed by atoms with Crippen LogP contribution in [-0.4, -0.2) is 20.9 Å². The van der Waals surface area contributed by atoms with E-state index in [0.29, 0.717) is 22.2 Å². The van der Waals surface area contributed by atoms with E-state index in [1.54, 1.807) is 6.07 Å². The van der Waals surface area contributed by atoms with Gasteiger partial charge in [0.05, 0.1) is 17.3 Å². The Morgan fingerprint density at radius 3 is 2.35 bits per heavy atom. The van der Waals surface area contributed by atoms with Gasteiger partial charge >= 0.3 is 0 Å². The quantitative estimate of drug-likeness (QED) is 0.432. The molecule has 152 valence electrons. The monoisotopic (exact) mass is 409 g/mol. The first-order valence-electron chi connectivity index (χ1n) is 9.77. The lowest BCUT2D eigenvalue weighted by Crippen LogP contribution is -2.11. The number of H-pyrrole nitrogens is 1. The zero-order chi connectivity index (χ0) is 21.6. The third-order valence-electron chi connectivity index (χ3n) is 4.65. The van der Waals surface area contributed by atoms with Gasteiger partial charge in [0.25, 0.3) is 5.91 Å². The van der Waals surface area contributed by atoms with Crippen LogP contribution in [0.25, 0.3) is 22.2 Å². The number of para-hydroxylation sites is 2. The molecule has 0 aliphatic heterocycles. The Morgan fingerprint density at radius 1 is 1.03 bits per heavy atom. The fraction of sp³-hybridized carbons (Fsp3) is 0.0833. The average molecular weight is 409 g/mol. The number of carbonyl (C=O) groups is 1. The van der Waals surface area contributed by atoms with Gasteiger partial charge in [-0.1, -0.05) is 49.4 Å². The van der Waals surface area contributed by atoms with Crippen LogP contribution in [-0.2, 0) is 6.42 Å². The number of amides is 1. The van der Waals surface area contributed by atoms with Gasteiger partial charge in [-0.05, 0) is 36.2 Å². The zero-order valence-electron chi connectivity index (χ0n) is 16.8. The van der Waals surface area contributed by atoms with Crippen LogP contribution in [0.1, 0.15) is 28.6 Å². The van der Waals surface area contributed by atoms with Crippen molar-refractivity contribution >= 4 is 33.9 Å². The first-order chi connectivity index (χ1) is 15.2. The minimum Gasteiger partial charge on any atom is -0.459 e. The minimum atomic E-state index is -0.456. The molecule has 0 aliphatic carbocycles. The SMILES string of the molecule is CCc1ccccc1.N#Cc1c(NC(=O)c2ccco2)[nH]c2nc3ccccc3nc12. The summed E-state index contributed by atoms with van der Waals surface area (Å²) in [6.45, 7) is 2.16. The highest BCUT2D eigenvalue weighted by Gasteiger charge is 2.18. The molecule has 0 unspecified atom stereocenters. The lowest BCUT2D eigenvalue weighted by molar-refractivity contribution is 0.0996. The third-order valence-corrected chi connectivity index (χ3v) is 4.65. The smallest absolute Gasteiger partial charge is 0.292 e. The van der Waals surface area contributed by atoms with Crippen molar-refractivity contribution in [1.82, 2.24) is 15.0 Å². The number of rotatable bonds is 3. The maximum absolute atomic E-state index is 12.1. The Morgan fingerprint density at radius 2 is 1.74 bits per heavy atom. The molecule has 5 rings (SSSR count). The van der Waals surface area contributed by atoms with Crippen molar-refractivity contribution in [1.29, 1.82) is 5.26 Å². The number of aryl methyl sites for hydroxylation is 1. The number of hydrogen-bond acceptors (Lipinski definition) is 5. The second kappa shape index (κ2) is 8.93. The van der Waals surface area contributed by atoms with E-state index in [2.05, 4.69) is 57.5 Å². The number of benzene rings is 2. The van der Waals surface area contributed by atoms with Gasteiger partial charge in [0, 0.05) is 0 Å². The number of nitrogens with zero attached hydrogens (tertiary/aromatic N) is 3. The predicted octanol–water partition coefficient (Wildman–Crippen LogP) is 5.08. The van der Waals surface area contributed by atoms with Gasteiger partial charge in [0.15, 0.2) is 11.4 Å². The van der Waals surface area contributed by atoms with Crippen molar-refractivity contribution in [3.05, 3.63) is 89.9 Å². The lowest BCUT2D eigenvalue weighted by Gasteiger charge is -1.99. The molecule has 3 aromatic heterocycles. The van der Waals surface area contributed by atoms with E-state index in [1.165, 1.54) is 17.9 Å². The average Bonchev–Trinajstić information content (AvgIpc) is 3.46. The molecule has 7 heteroatoms. The number of nitrogens with one attached hydrogen (secondary N) is 2. The van der Waals surface area contributed by atoms with Gasteiger partial charge in [0.1, 0.15) is 23.0 Å². The van der Waals surface area contributed by atoms with Crippen molar-refractivity contribution in [3.63, 3.8) is 0 Å². The topological polar surface area (TPSA) is 108 Å². The van der Waals surface area contributed by atoms with Gasteiger partial charge in [-0.3, -0.25) is 4.79 Å². The number of fused-ring (bicyclic) bond motifs is 2. The summed E-state index contributed by atoms with van der Waals surface area (Å²) in [5, 5.41) is 12.0. The molecular weight excluding hydrogens is 390 g/mol. The zero-order valence-corrected chi connectivity index (χ0v) is 16.8. The Bertz CT molecular complexity index is 1370. The molecular formula is C24H19N5O2. The van der Waals surface area contributed by atoms with Crippen LogP contribution in [0.4, 0.5) is 5.82 Å². The molecule has 1 amide bonds. The van der Waals surface area contributed by atoms with Crippen molar-refractivity contribution in [2.45, 2.75) is 13.3 Å². The molecule has 7 nitrogen and oxygen atoms in total. The summed E-state index contributed by atoms with van der Waals surface area (Å²) in [7, 11) is 0. The van der Waals surface area contributed by atoms with Crippen LogP contribution >= 0.6 is 0 Å². The summed E-state index contributed by atoms with van der Waals surface area (Å²) in [4.78, 5) is 23.9. The highest BCUT2D eigenvalue weighted by Crippen LogP contribution is 2.25. The highest BCUT2D eigenvalue weighted by molar-refractivity contribution is 6.04. The van der Waals surface area contributed by atoms with Gasteiger partial charge < -0.3 is 14.7 Å². The van der Waals surface area contributed by atoms with Gasteiger partial charge in [-0.2, -0.15) is 5.26 Å². The number of anilines is 1. The molecule has 0 saturated heterocycles. The number of aromatic amines is 1. The van der Waals surface area contributed by atoms with Crippen LogP contribution in [0.3, 0.4) is 0 Å². The van der Waals surface area contributed by atoms with E-state index in [9.17, 15) is 10.1 Å². The lowest BCUT2D eigenvalue weighted by atomic mass is 10.2. The molecule has 0 bridgehead atoms. The maximum atomic E-state index is 12.1. The van der Waals surface area contributed by atoms with Gasteiger partial charge in [-0.25, -0.2) is 9.97 Å².